The summed E-state index contributed by atoms with van der Waals surface area (Å²) < 4.78 is 1.78. The number of hydrogen-bond donors (Lipinski definition) is 2. The molecule has 0 bridgehead atoms. The predicted octanol–water partition coefficient (Wildman–Crippen LogP) is 1.29. The van der Waals surface area contributed by atoms with Crippen LogP contribution in [-0.2, 0) is 20.0 Å². The first-order valence-electron chi connectivity index (χ1n) is 7.62. The first-order chi connectivity index (χ1) is 9.97. The van der Waals surface area contributed by atoms with E-state index in [2.05, 4.69) is 17.3 Å². The van der Waals surface area contributed by atoms with E-state index in [1.807, 2.05) is 25.1 Å². The summed E-state index contributed by atoms with van der Waals surface area (Å²) in [5.41, 5.74) is 1.92. The second kappa shape index (κ2) is 6.47. The van der Waals surface area contributed by atoms with E-state index in [0.29, 0.717) is 13.1 Å². The maximum Gasteiger partial charge on any atom is 0.317 e. The molecular formula is C15H26N4O2. The topological polar surface area (TPSA) is 70.4 Å². The van der Waals surface area contributed by atoms with Gasteiger partial charge in [-0.15, -0.1) is 0 Å². The van der Waals surface area contributed by atoms with Gasteiger partial charge in [-0.25, -0.2) is 4.79 Å². The molecule has 1 saturated heterocycles. The number of piperidine rings is 1. The molecule has 6 heteroatoms. The zero-order valence-electron chi connectivity index (χ0n) is 13.2. The highest BCUT2D eigenvalue weighted by Crippen LogP contribution is 2.28. The van der Waals surface area contributed by atoms with Crippen LogP contribution in [0.4, 0.5) is 4.79 Å². The summed E-state index contributed by atoms with van der Waals surface area (Å²) in [6.07, 6.45) is 4.72. The third kappa shape index (κ3) is 3.75. The van der Waals surface area contributed by atoms with Crippen LogP contribution in [0.1, 0.15) is 37.9 Å². The first-order valence-corrected chi connectivity index (χ1v) is 7.62. The van der Waals surface area contributed by atoms with Crippen molar-refractivity contribution in [3.05, 3.63) is 17.5 Å². The summed E-state index contributed by atoms with van der Waals surface area (Å²) in [6.45, 7) is 6.09. The highest BCUT2D eigenvalue weighted by Gasteiger charge is 2.32. The normalized spacial score (nSPS) is 22.4. The molecule has 2 N–H and O–H groups in total. The smallest absolute Gasteiger partial charge is 0.317 e. The molecule has 1 aliphatic heterocycles. The van der Waals surface area contributed by atoms with Gasteiger partial charge < -0.3 is 15.3 Å². The number of nitrogens with zero attached hydrogens (tertiary/aromatic N) is 3. The van der Waals surface area contributed by atoms with Gasteiger partial charge in [-0.2, -0.15) is 5.10 Å². The molecular weight excluding hydrogens is 268 g/mol. The largest absolute Gasteiger partial charge is 0.396 e. The number of hydrogen-bond acceptors (Lipinski definition) is 3. The number of likely N-dealkylation sites (tertiary alicyclic amines) is 1. The van der Waals surface area contributed by atoms with E-state index in [1.165, 1.54) is 0 Å². The van der Waals surface area contributed by atoms with Crippen molar-refractivity contribution in [2.45, 2.75) is 39.7 Å². The van der Waals surface area contributed by atoms with Crippen LogP contribution in [0, 0.1) is 5.41 Å². The number of carbonyl (C=O) groups is 1. The van der Waals surface area contributed by atoms with E-state index in [1.54, 1.807) is 4.68 Å². The van der Waals surface area contributed by atoms with Crippen molar-refractivity contribution in [3.8, 4) is 0 Å². The number of aryl methyl sites for hydroxylation is 2. The van der Waals surface area contributed by atoms with Crippen molar-refractivity contribution >= 4 is 6.03 Å². The van der Waals surface area contributed by atoms with Crippen LogP contribution in [0.5, 0.6) is 0 Å². The molecule has 1 fully saturated rings. The molecule has 118 valence electrons. The van der Waals surface area contributed by atoms with Crippen LogP contribution < -0.4 is 5.32 Å². The molecule has 1 aromatic rings. The number of nitrogens with one attached hydrogen (secondary N) is 1. The Morgan fingerprint density at radius 1 is 1.57 bits per heavy atom. The number of amides is 2. The lowest BCUT2D eigenvalue weighted by Crippen LogP contribution is -2.49. The monoisotopic (exact) mass is 294 g/mol. The average molecular weight is 294 g/mol. The summed E-state index contributed by atoms with van der Waals surface area (Å²) in [5, 5.41) is 16.8. The minimum atomic E-state index is -0.168. The summed E-state index contributed by atoms with van der Waals surface area (Å²) in [4.78, 5) is 14.1. The van der Waals surface area contributed by atoms with Crippen LogP contribution in [0.25, 0.3) is 0 Å². The lowest BCUT2D eigenvalue weighted by atomic mass is 9.83. The van der Waals surface area contributed by atoms with Crippen LogP contribution in [0.3, 0.4) is 0 Å². The number of aliphatic hydroxyl groups is 1. The minimum Gasteiger partial charge on any atom is -0.396 e. The van der Waals surface area contributed by atoms with Gasteiger partial charge in [-0.05, 0) is 19.3 Å². The first kappa shape index (κ1) is 15.8. The van der Waals surface area contributed by atoms with Gasteiger partial charge in [0, 0.05) is 43.9 Å². The zero-order valence-corrected chi connectivity index (χ0v) is 13.2. The molecule has 6 nitrogen and oxygen atoms in total. The fourth-order valence-electron chi connectivity index (χ4n) is 2.93. The molecule has 2 heterocycles. The quantitative estimate of drug-likeness (QED) is 0.879. The second-order valence-corrected chi connectivity index (χ2v) is 6.28. The lowest BCUT2D eigenvalue weighted by Gasteiger charge is -2.39. The van der Waals surface area contributed by atoms with E-state index in [0.717, 1.165) is 37.1 Å². The fourth-order valence-corrected chi connectivity index (χ4v) is 2.93. The molecule has 1 atom stereocenters. The Bertz CT molecular complexity index is 500. The molecule has 1 aliphatic rings. The van der Waals surface area contributed by atoms with Gasteiger partial charge in [0.25, 0.3) is 0 Å². The van der Waals surface area contributed by atoms with Crippen molar-refractivity contribution in [3.63, 3.8) is 0 Å². The summed E-state index contributed by atoms with van der Waals surface area (Å²) in [6, 6.07) is -0.0553. The van der Waals surface area contributed by atoms with E-state index in [-0.39, 0.29) is 18.1 Å². The summed E-state index contributed by atoms with van der Waals surface area (Å²) in [7, 11) is 1.89. The Morgan fingerprint density at radius 2 is 2.33 bits per heavy atom. The number of rotatable bonds is 4. The van der Waals surface area contributed by atoms with E-state index >= 15 is 0 Å². The number of carbonyl (C=O) groups excluding carboxylic acids is 1. The maximum atomic E-state index is 12.3. The predicted molar refractivity (Wildman–Crippen MR) is 80.8 cm³/mol. The fraction of sp³-hybridized carbons (Fsp3) is 0.733. The van der Waals surface area contributed by atoms with Crippen LogP contribution in [0.15, 0.2) is 6.20 Å². The Hall–Kier alpha value is -1.56. The van der Waals surface area contributed by atoms with Crippen LogP contribution >= 0.6 is 0 Å². The molecule has 0 spiro atoms. The SMILES string of the molecule is CCc1nn(C)cc1CNC(=O)N1CCCC(C)(CO)C1. The third-order valence-corrected chi connectivity index (χ3v) is 4.21. The van der Waals surface area contributed by atoms with Gasteiger partial charge >= 0.3 is 6.03 Å². The number of urea groups is 1. The second-order valence-electron chi connectivity index (χ2n) is 6.28. The van der Waals surface area contributed by atoms with E-state index < -0.39 is 0 Å². The Kier molecular flexibility index (Phi) is 4.88. The molecule has 0 aliphatic carbocycles. The van der Waals surface area contributed by atoms with Crippen LogP contribution in [-0.4, -0.2) is 45.5 Å². The van der Waals surface area contributed by atoms with Crippen LogP contribution in [0.2, 0.25) is 0 Å². The molecule has 21 heavy (non-hydrogen) atoms. The molecule has 2 amide bonds. The summed E-state index contributed by atoms with van der Waals surface area (Å²) >= 11 is 0. The molecule has 1 unspecified atom stereocenters. The van der Waals surface area contributed by atoms with Gasteiger partial charge in [-0.3, -0.25) is 4.68 Å². The molecule has 0 radical (unpaired) electrons. The van der Waals surface area contributed by atoms with Crippen molar-refractivity contribution < 1.29 is 9.90 Å². The molecule has 0 saturated carbocycles. The van der Waals surface area contributed by atoms with Gasteiger partial charge in [-0.1, -0.05) is 13.8 Å². The Labute approximate surface area is 126 Å². The molecule has 2 rings (SSSR count). The van der Waals surface area contributed by atoms with Gasteiger partial charge in [0.1, 0.15) is 0 Å². The summed E-state index contributed by atoms with van der Waals surface area (Å²) in [5.74, 6) is 0. The van der Waals surface area contributed by atoms with Gasteiger partial charge in [0.2, 0.25) is 0 Å². The van der Waals surface area contributed by atoms with Crippen molar-refractivity contribution in [1.29, 1.82) is 0 Å². The Balaban J connectivity index is 1.92. The maximum absolute atomic E-state index is 12.3. The van der Waals surface area contributed by atoms with Crippen molar-refractivity contribution in [2.24, 2.45) is 12.5 Å². The Morgan fingerprint density at radius 3 is 3.00 bits per heavy atom. The van der Waals surface area contributed by atoms with Crippen molar-refractivity contribution in [1.82, 2.24) is 20.0 Å². The van der Waals surface area contributed by atoms with E-state index in [4.69, 9.17) is 0 Å². The van der Waals surface area contributed by atoms with Gasteiger partial charge in [0.15, 0.2) is 0 Å². The third-order valence-electron chi connectivity index (χ3n) is 4.21. The molecule has 0 aromatic carbocycles. The number of aliphatic hydroxyl groups excluding tert-OH is 1. The zero-order chi connectivity index (χ0) is 15.5. The van der Waals surface area contributed by atoms with Crippen molar-refractivity contribution in [2.75, 3.05) is 19.7 Å². The number of aromatic nitrogens is 2. The molecule has 1 aromatic heterocycles. The van der Waals surface area contributed by atoms with E-state index in [9.17, 15) is 9.90 Å². The standard InChI is InChI=1S/C15H26N4O2/c1-4-13-12(9-18(3)17-13)8-16-14(21)19-7-5-6-15(2,10-19)11-20/h9,20H,4-8,10-11H2,1-3H3,(H,16,21). The highest BCUT2D eigenvalue weighted by molar-refractivity contribution is 5.74. The average Bonchev–Trinajstić information content (AvgIpc) is 2.85. The lowest BCUT2D eigenvalue weighted by molar-refractivity contribution is 0.0614. The van der Waals surface area contributed by atoms with Gasteiger partial charge in [0.05, 0.1) is 12.3 Å². The highest BCUT2D eigenvalue weighted by atomic mass is 16.3. The minimum absolute atomic E-state index is 0.0553.